The molecule has 0 radical (unpaired) electrons. The average Bonchev–Trinajstić information content (AvgIpc) is 3.44. The molecule has 0 aliphatic rings. The molecule has 0 aliphatic heterocycles. The van der Waals surface area contributed by atoms with E-state index in [2.05, 4.69) is 20.9 Å². The fourth-order valence-corrected chi connectivity index (χ4v) is 5.53. The van der Waals surface area contributed by atoms with E-state index in [9.17, 15) is 4.79 Å². The Hall–Kier alpha value is -2.81. The summed E-state index contributed by atoms with van der Waals surface area (Å²) >= 11 is 6.56. The minimum Gasteiger partial charge on any atom is -0.496 e. The van der Waals surface area contributed by atoms with E-state index in [4.69, 9.17) is 9.72 Å². The van der Waals surface area contributed by atoms with E-state index in [0.717, 1.165) is 41.8 Å². The van der Waals surface area contributed by atoms with Crippen LogP contribution in [0.25, 0.3) is 31.2 Å². The van der Waals surface area contributed by atoms with Crippen LogP contribution in [0.3, 0.4) is 0 Å². The highest BCUT2D eigenvalue weighted by atomic mass is 79.9. The van der Waals surface area contributed by atoms with Crippen molar-refractivity contribution < 1.29 is 4.74 Å². The number of thiazole rings is 1. The summed E-state index contributed by atoms with van der Waals surface area (Å²) in [7, 11) is 1.65. The van der Waals surface area contributed by atoms with Crippen molar-refractivity contribution in [1.29, 1.82) is 0 Å². The molecule has 0 spiro atoms. The predicted octanol–water partition coefficient (Wildman–Crippen LogP) is 6.07. The second-order valence-corrected chi connectivity index (χ2v) is 9.67. The van der Waals surface area contributed by atoms with Gasteiger partial charge in [-0.1, -0.05) is 46.3 Å². The topological polar surface area (TPSA) is 57.0 Å². The highest BCUT2D eigenvalue weighted by Gasteiger charge is 2.14. The molecule has 0 aliphatic carbocycles. The Labute approximate surface area is 194 Å². The van der Waals surface area contributed by atoms with Gasteiger partial charge in [-0.25, -0.2) is 9.97 Å². The number of halogens is 1. The lowest BCUT2D eigenvalue weighted by molar-refractivity contribution is 0.416. The first kappa shape index (κ1) is 20.1. The number of benzene rings is 2. The Morgan fingerprint density at radius 2 is 1.97 bits per heavy atom. The Kier molecular flexibility index (Phi) is 5.43. The summed E-state index contributed by atoms with van der Waals surface area (Å²) in [6, 6.07) is 17.8. The van der Waals surface area contributed by atoms with E-state index < -0.39 is 0 Å². The molecular weight excluding hydrogens is 494 g/mol. The molecule has 154 valence electrons. The third kappa shape index (κ3) is 3.94. The van der Waals surface area contributed by atoms with Crippen molar-refractivity contribution in [1.82, 2.24) is 14.5 Å². The molecule has 0 saturated heterocycles. The predicted molar refractivity (Wildman–Crippen MR) is 130 cm³/mol. The Morgan fingerprint density at radius 3 is 2.77 bits per heavy atom. The number of aromatic nitrogens is 3. The summed E-state index contributed by atoms with van der Waals surface area (Å²) < 4.78 is 8.04. The minimum absolute atomic E-state index is 0.0574. The molecule has 0 N–H and O–H groups in total. The first-order valence-corrected chi connectivity index (χ1v) is 11.9. The number of rotatable bonds is 5. The maximum Gasteiger partial charge on any atom is 0.262 e. The van der Waals surface area contributed by atoms with E-state index >= 15 is 0 Å². The monoisotopic (exact) mass is 509 g/mol. The molecule has 5 aromatic rings. The average molecular weight is 510 g/mol. The number of hydrogen-bond acceptors (Lipinski definition) is 6. The molecule has 5 rings (SSSR count). The van der Waals surface area contributed by atoms with Crippen molar-refractivity contribution in [3.8, 4) is 26.8 Å². The Balaban J connectivity index is 1.47. The molecule has 0 amide bonds. The van der Waals surface area contributed by atoms with Gasteiger partial charge in [-0.15, -0.1) is 22.7 Å². The zero-order valence-electron chi connectivity index (χ0n) is 16.4. The van der Waals surface area contributed by atoms with E-state index in [1.165, 1.54) is 22.7 Å². The van der Waals surface area contributed by atoms with Gasteiger partial charge in [0.2, 0.25) is 0 Å². The molecule has 0 fully saturated rings. The van der Waals surface area contributed by atoms with Gasteiger partial charge in [0.15, 0.2) is 0 Å². The summed E-state index contributed by atoms with van der Waals surface area (Å²) in [6.07, 6.45) is 1.61. The molecule has 31 heavy (non-hydrogen) atoms. The SMILES string of the molecule is COc1ccc(Br)cc1-c1nc(Cn2cnc3sc(-c4ccccc4)cc3c2=O)cs1. The van der Waals surface area contributed by atoms with Gasteiger partial charge in [-0.05, 0) is 29.8 Å². The zero-order chi connectivity index (χ0) is 21.4. The van der Waals surface area contributed by atoms with Gasteiger partial charge < -0.3 is 4.74 Å². The van der Waals surface area contributed by atoms with Crippen molar-refractivity contribution in [3.63, 3.8) is 0 Å². The molecule has 0 bridgehead atoms. The number of fused-ring (bicyclic) bond motifs is 1. The van der Waals surface area contributed by atoms with Gasteiger partial charge in [0.05, 0.1) is 36.6 Å². The van der Waals surface area contributed by atoms with Gasteiger partial charge >= 0.3 is 0 Å². The summed E-state index contributed by atoms with van der Waals surface area (Å²) in [5.74, 6) is 0.760. The third-order valence-electron chi connectivity index (χ3n) is 4.85. The van der Waals surface area contributed by atoms with Crippen molar-refractivity contribution >= 4 is 48.8 Å². The first-order chi connectivity index (χ1) is 15.1. The second-order valence-electron chi connectivity index (χ2n) is 6.86. The quantitative estimate of drug-likeness (QED) is 0.288. The standard InChI is InChI=1S/C23H16BrN3O2S2/c1-29-19-8-7-15(24)9-17(19)22-26-16(12-30-22)11-27-13-25-21-18(23(27)28)10-20(31-21)14-5-3-2-4-6-14/h2-10,12-13H,11H2,1H3. The lowest BCUT2D eigenvalue weighted by atomic mass is 10.2. The van der Waals surface area contributed by atoms with Crippen molar-refractivity contribution in [3.05, 3.63) is 86.8 Å². The summed E-state index contributed by atoms with van der Waals surface area (Å²) in [6.45, 7) is 0.366. The van der Waals surface area contributed by atoms with Crippen LogP contribution < -0.4 is 10.3 Å². The van der Waals surface area contributed by atoms with Crippen molar-refractivity contribution in [2.45, 2.75) is 6.54 Å². The van der Waals surface area contributed by atoms with Crippen LogP contribution in [0.15, 0.2) is 75.6 Å². The molecular formula is C23H16BrN3O2S2. The van der Waals surface area contributed by atoms with Crippen molar-refractivity contribution in [2.75, 3.05) is 7.11 Å². The molecule has 0 saturated carbocycles. The highest BCUT2D eigenvalue weighted by molar-refractivity contribution is 9.10. The lowest BCUT2D eigenvalue weighted by Gasteiger charge is -2.06. The van der Waals surface area contributed by atoms with E-state index in [1.807, 2.05) is 60.0 Å². The number of ether oxygens (including phenoxy) is 1. The van der Waals surface area contributed by atoms with Crippen LogP contribution in [-0.4, -0.2) is 21.6 Å². The van der Waals surface area contributed by atoms with Gasteiger partial charge in [0.25, 0.3) is 5.56 Å². The summed E-state index contributed by atoms with van der Waals surface area (Å²) in [4.78, 5) is 24.1. The number of methoxy groups -OCH3 is 1. The molecule has 0 unspecified atom stereocenters. The van der Waals surface area contributed by atoms with Crippen LogP contribution in [0.5, 0.6) is 5.75 Å². The van der Waals surface area contributed by atoms with Crippen LogP contribution in [-0.2, 0) is 6.54 Å². The van der Waals surface area contributed by atoms with Crippen molar-refractivity contribution in [2.24, 2.45) is 0 Å². The zero-order valence-corrected chi connectivity index (χ0v) is 19.6. The maximum atomic E-state index is 13.1. The lowest BCUT2D eigenvalue weighted by Crippen LogP contribution is -2.20. The van der Waals surface area contributed by atoms with Crippen LogP contribution in [0.1, 0.15) is 5.69 Å². The molecule has 0 atom stereocenters. The minimum atomic E-state index is -0.0574. The smallest absolute Gasteiger partial charge is 0.262 e. The third-order valence-corrected chi connectivity index (χ3v) is 7.36. The fourth-order valence-electron chi connectivity index (χ4n) is 3.34. The van der Waals surface area contributed by atoms with Gasteiger partial charge in [-0.2, -0.15) is 0 Å². The fraction of sp³-hybridized carbons (Fsp3) is 0.0870. The summed E-state index contributed by atoms with van der Waals surface area (Å²) in [5.41, 5.74) is 2.75. The first-order valence-electron chi connectivity index (χ1n) is 9.45. The van der Waals surface area contributed by atoms with Crippen LogP contribution in [0.2, 0.25) is 0 Å². The molecule has 2 aromatic carbocycles. The largest absolute Gasteiger partial charge is 0.496 e. The highest BCUT2D eigenvalue weighted by Crippen LogP contribution is 2.35. The Morgan fingerprint density at radius 1 is 1.13 bits per heavy atom. The van der Waals surface area contributed by atoms with E-state index in [0.29, 0.717) is 11.9 Å². The normalized spacial score (nSPS) is 11.2. The molecule has 3 aromatic heterocycles. The molecule has 3 heterocycles. The number of nitrogens with zero attached hydrogens (tertiary/aromatic N) is 3. The van der Waals surface area contributed by atoms with E-state index in [-0.39, 0.29) is 5.56 Å². The van der Waals surface area contributed by atoms with Crippen LogP contribution in [0, 0.1) is 0 Å². The van der Waals surface area contributed by atoms with Crippen LogP contribution >= 0.6 is 38.6 Å². The Bertz CT molecular complexity index is 1440. The number of hydrogen-bond donors (Lipinski definition) is 0. The second kappa shape index (κ2) is 8.37. The summed E-state index contributed by atoms with van der Waals surface area (Å²) in [5, 5.41) is 3.45. The number of thiophene rings is 1. The van der Waals surface area contributed by atoms with Gasteiger partial charge in [-0.3, -0.25) is 9.36 Å². The van der Waals surface area contributed by atoms with E-state index in [1.54, 1.807) is 18.0 Å². The molecule has 8 heteroatoms. The maximum absolute atomic E-state index is 13.1. The van der Waals surface area contributed by atoms with Gasteiger partial charge in [0.1, 0.15) is 15.6 Å². The molecule has 5 nitrogen and oxygen atoms in total. The van der Waals surface area contributed by atoms with Crippen LogP contribution in [0.4, 0.5) is 0 Å². The van der Waals surface area contributed by atoms with Gasteiger partial charge in [0, 0.05) is 14.7 Å².